The standard InChI is InChI=1S/C10H20Cl2O3/c1-2-4-13-6-8-15-9-7-14-5-3-10(11)12/h10H,2-9H2,1H3. The molecule has 0 amide bonds. The Balaban J connectivity index is 2.87. The fourth-order valence-electron chi connectivity index (χ4n) is 0.859. The van der Waals surface area contributed by atoms with Crippen molar-refractivity contribution in [2.24, 2.45) is 0 Å². The van der Waals surface area contributed by atoms with Gasteiger partial charge in [-0.1, -0.05) is 6.92 Å². The van der Waals surface area contributed by atoms with Crippen LogP contribution in [0.25, 0.3) is 0 Å². The minimum Gasteiger partial charge on any atom is -0.379 e. The second-order valence-corrected chi connectivity index (χ2v) is 4.29. The Kier molecular flexibility index (Phi) is 12.9. The number of halogens is 2. The number of ether oxygens (including phenoxy) is 3. The van der Waals surface area contributed by atoms with Crippen molar-refractivity contribution in [2.75, 3.05) is 39.6 Å². The number of hydrogen-bond donors (Lipinski definition) is 0. The van der Waals surface area contributed by atoms with E-state index in [0.29, 0.717) is 39.5 Å². The molecule has 0 bridgehead atoms. The van der Waals surface area contributed by atoms with Gasteiger partial charge in [0.05, 0.1) is 26.4 Å². The topological polar surface area (TPSA) is 27.7 Å². The molecule has 0 aliphatic rings. The zero-order valence-electron chi connectivity index (χ0n) is 9.21. The van der Waals surface area contributed by atoms with E-state index in [1.54, 1.807) is 0 Å². The van der Waals surface area contributed by atoms with Gasteiger partial charge in [0, 0.05) is 19.6 Å². The van der Waals surface area contributed by atoms with E-state index in [-0.39, 0.29) is 4.84 Å². The lowest BCUT2D eigenvalue weighted by Crippen LogP contribution is -2.10. The summed E-state index contributed by atoms with van der Waals surface area (Å²) in [7, 11) is 0. The summed E-state index contributed by atoms with van der Waals surface area (Å²) in [5.41, 5.74) is 0. The summed E-state index contributed by atoms with van der Waals surface area (Å²) in [6.45, 7) is 5.89. The van der Waals surface area contributed by atoms with Crippen LogP contribution in [0.4, 0.5) is 0 Å². The zero-order valence-corrected chi connectivity index (χ0v) is 10.7. The Morgan fingerprint density at radius 2 is 1.27 bits per heavy atom. The first kappa shape index (κ1) is 15.5. The van der Waals surface area contributed by atoms with Crippen LogP contribution in [0.15, 0.2) is 0 Å². The Labute approximate surface area is 102 Å². The smallest absolute Gasteiger partial charge is 0.110 e. The van der Waals surface area contributed by atoms with E-state index in [1.165, 1.54) is 0 Å². The van der Waals surface area contributed by atoms with E-state index in [9.17, 15) is 0 Å². The molecule has 0 atom stereocenters. The lowest BCUT2D eigenvalue weighted by Gasteiger charge is -2.06. The Bertz CT molecular complexity index is 123. The Morgan fingerprint density at radius 1 is 0.800 bits per heavy atom. The SMILES string of the molecule is CCCOCCOCCOCCC(Cl)Cl. The van der Waals surface area contributed by atoms with Gasteiger partial charge in [-0.05, 0) is 6.42 Å². The van der Waals surface area contributed by atoms with Crippen LogP contribution >= 0.6 is 23.2 Å². The highest BCUT2D eigenvalue weighted by Gasteiger charge is 1.97. The fraction of sp³-hybridized carbons (Fsp3) is 1.00. The van der Waals surface area contributed by atoms with Crippen LogP contribution in [0.5, 0.6) is 0 Å². The summed E-state index contributed by atoms with van der Waals surface area (Å²) in [5, 5.41) is 0. The minimum absolute atomic E-state index is 0.339. The van der Waals surface area contributed by atoms with Gasteiger partial charge in [-0.25, -0.2) is 0 Å². The highest BCUT2D eigenvalue weighted by Crippen LogP contribution is 2.05. The quantitative estimate of drug-likeness (QED) is 0.421. The molecular formula is C10H20Cl2O3. The van der Waals surface area contributed by atoms with Gasteiger partial charge in [0.1, 0.15) is 4.84 Å². The van der Waals surface area contributed by atoms with Crippen LogP contribution in [0.3, 0.4) is 0 Å². The Hall–Kier alpha value is 0.460. The lowest BCUT2D eigenvalue weighted by molar-refractivity contribution is 0.0146. The van der Waals surface area contributed by atoms with E-state index >= 15 is 0 Å². The first-order chi connectivity index (χ1) is 7.27. The average Bonchev–Trinajstić information content (AvgIpc) is 2.20. The van der Waals surface area contributed by atoms with Crippen LogP contribution in [-0.2, 0) is 14.2 Å². The minimum atomic E-state index is -0.339. The molecule has 15 heavy (non-hydrogen) atoms. The van der Waals surface area contributed by atoms with E-state index in [0.717, 1.165) is 13.0 Å². The fourth-order valence-corrected chi connectivity index (χ4v) is 1.04. The van der Waals surface area contributed by atoms with Crippen molar-refractivity contribution in [1.82, 2.24) is 0 Å². The molecule has 92 valence electrons. The van der Waals surface area contributed by atoms with Crippen molar-refractivity contribution < 1.29 is 14.2 Å². The molecule has 0 aliphatic heterocycles. The van der Waals surface area contributed by atoms with Crippen molar-refractivity contribution in [2.45, 2.75) is 24.6 Å². The average molecular weight is 259 g/mol. The van der Waals surface area contributed by atoms with Crippen LogP contribution < -0.4 is 0 Å². The van der Waals surface area contributed by atoms with Gasteiger partial charge in [0.25, 0.3) is 0 Å². The molecule has 0 heterocycles. The molecule has 5 heteroatoms. The van der Waals surface area contributed by atoms with Crippen molar-refractivity contribution >= 4 is 23.2 Å². The van der Waals surface area contributed by atoms with E-state index in [4.69, 9.17) is 37.4 Å². The van der Waals surface area contributed by atoms with Gasteiger partial charge in [-0.3, -0.25) is 0 Å². The predicted molar refractivity (Wildman–Crippen MR) is 62.9 cm³/mol. The zero-order chi connectivity index (χ0) is 11.4. The summed E-state index contributed by atoms with van der Waals surface area (Å²) in [4.78, 5) is -0.339. The Morgan fingerprint density at radius 3 is 1.73 bits per heavy atom. The first-order valence-corrected chi connectivity index (χ1v) is 6.16. The summed E-state index contributed by atoms with van der Waals surface area (Å²) >= 11 is 11.1. The van der Waals surface area contributed by atoms with Gasteiger partial charge >= 0.3 is 0 Å². The maximum atomic E-state index is 5.53. The summed E-state index contributed by atoms with van der Waals surface area (Å²) in [5.74, 6) is 0. The summed E-state index contributed by atoms with van der Waals surface area (Å²) in [6, 6.07) is 0. The van der Waals surface area contributed by atoms with Crippen molar-refractivity contribution in [1.29, 1.82) is 0 Å². The van der Waals surface area contributed by atoms with Crippen LogP contribution in [0, 0.1) is 0 Å². The molecule has 0 radical (unpaired) electrons. The maximum Gasteiger partial charge on any atom is 0.110 e. The highest BCUT2D eigenvalue weighted by molar-refractivity contribution is 6.44. The molecule has 0 spiro atoms. The van der Waals surface area contributed by atoms with Gasteiger partial charge in [-0.15, -0.1) is 23.2 Å². The molecule has 0 aromatic heterocycles. The van der Waals surface area contributed by atoms with E-state index < -0.39 is 0 Å². The predicted octanol–water partition coefficient (Wildman–Crippen LogP) is 2.64. The van der Waals surface area contributed by atoms with Gasteiger partial charge < -0.3 is 14.2 Å². The molecule has 0 unspecified atom stereocenters. The molecule has 0 aliphatic carbocycles. The molecule has 0 N–H and O–H groups in total. The van der Waals surface area contributed by atoms with Crippen LogP contribution in [-0.4, -0.2) is 44.5 Å². The molecule has 0 saturated carbocycles. The number of alkyl halides is 2. The highest BCUT2D eigenvalue weighted by atomic mass is 35.5. The normalized spacial score (nSPS) is 11.2. The molecule has 0 aromatic carbocycles. The van der Waals surface area contributed by atoms with Crippen molar-refractivity contribution in [3.63, 3.8) is 0 Å². The third kappa shape index (κ3) is 14.5. The van der Waals surface area contributed by atoms with Gasteiger partial charge in [-0.2, -0.15) is 0 Å². The van der Waals surface area contributed by atoms with Crippen LogP contribution in [0.1, 0.15) is 19.8 Å². The summed E-state index contributed by atoms with van der Waals surface area (Å²) < 4.78 is 15.8. The second kappa shape index (κ2) is 12.5. The molecule has 0 rings (SSSR count). The van der Waals surface area contributed by atoms with E-state index in [2.05, 4.69) is 6.92 Å². The maximum absolute atomic E-state index is 5.53. The molecule has 0 aromatic rings. The molecule has 0 fully saturated rings. The van der Waals surface area contributed by atoms with Crippen molar-refractivity contribution in [3.05, 3.63) is 0 Å². The second-order valence-electron chi connectivity index (χ2n) is 3.02. The van der Waals surface area contributed by atoms with Gasteiger partial charge in [0.15, 0.2) is 0 Å². The molecule has 0 saturated heterocycles. The number of rotatable bonds is 11. The van der Waals surface area contributed by atoms with Crippen LogP contribution in [0.2, 0.25) is 0 Å². The van der Waals surface area contributed by atoms with E-state index in [1.807, 2.05) is 0 Å². The monoisotopic (exact) mass is 258 g/mol. The molecule has 3 nitrogen and oxygen atoms in total. The first-order valence-electron chi connectivity index (χ1n) is 5.28. The lowest BCUT2D eigenvalue weighted by atomic mass is 10.5. The molecular weight excluding hydrogens is 239 g/mol. The third-order valence-corrected chi connectivity index (χ3v) is 2.01. The third-order valence-electron chi connectivity index (χ3n) is 1.57. The van der Waals surface area contributed by atoms with Crippen molar-refractivity contribution in [3.8, 4) is 0 Å². The van der Waals surface area contributed by atoms with Gasteiger partial charge in [0.2, 0.25) is 0 Å². The summed E-state index contributed by atoms with van der Waals surface area (Å²) in [6.07, 6.45) is 1.70. The number of hydrogen-bond acceptors (Lipinski definition) is 3. The largest absolute Gasteiger partial charge is 0.379 e.